The number of amides is 2. The lowest BCUT2D eigenvalue weighted by atomic mass is 9.92. The molecule has 1 heterocycles. The molecule has 2 rings (SSSR count). The Morgan fingerprint density at radius 3 is 2.34 bits per heavy atom. The molecule has 0 radical (unpaired) electrons. The van der Waals surface area contributed by atoms with Gasteiger partial charge in [-0.25, -0.2) is 4.68 Å². The Labute approximate surface area is 178 Å². The molecule has 1 aromatic heterocycles. The first-order chi connectivity index (χ1) is 13.5. The van der Waals surface area contributed by atoms with E-state index in [2.05, 4.69) is 26.1 Å². The van der Waals surface area contributed by atoms with Crippen LogP contribution in [0.5, 0.6) is 0 Å². The van der Waals surface area contributed by atoms with Gasteiger partial charge in [0.2, 0.25) is 11.8 Å². The van der Waals surface area contributed by atoms with Crippen molar-refractivity contribution in [3.63, 3.8) is 0 Å². The van der Waals surface area contributed by atoms with E-state index in [1.54, 1.807) is 4.68 Å². The van der Waals surface area contributed by atoms with Gasteiger partial charge in [-0.3, -0.25) is 9.59 Å². The van der Waals surface area contributed by atoms with Crippen LogP contribution in [0.2, 0.25) is 0 Å². The first kappa shape index (κ1) is 22.9. The summed E-state index contributed by atoms with van der Waals surface area (Å²) in [6, 6.07) is 9.82. The molecule has 0 fully saturated rings. The highest BCUT2D eigenvalue weighted by atomic mass is 35.5. The number of aryl methyl sites for hydroxylation is 1. The summed E-state index contributed by atoms with van der Waals surface area (Å²) in [7, 11) is 0. The predicted octanol–water partition coefficient (Wildman–Crippen LogP) is 4.14. The lowest BCUT2D eigenvalue weighted by Gasteiger charge is -2.23. The van der Waals surface area contributed by atoms with Crippen molar-refractivity contribution < 1.29 is 9.59 Å². The average Bonchev–Trinajstić information content (AvgIpc) is 3.04. The number of anilines is 1. The molecule has 1 N–H and O–H groups in total. The number of rotatable bonds is 7. The largest absolute Gasteiger partial charge is 0.332 e. The van der Waals surface area contributed by atoms with Crippen LogP contribution in [0.1, 0.15) is 45.9 Å². The molecule has 0 aliphatic carbocycles. The van der Waals surface area contributed by atoms with E-state index in [0.717, 1.165) is 16.9 Å². The summed E-state index contributed by atoms with van der Waals surface area (Å²) >= 11 is 5.71. The molecule has 29 heavy (non-hydrogen) atoms. The van der Waals surface area contributed by atoms with E-state index in [1.807, 2.05) is 51.1 Å². The molecule has 7 heteroatoms. The van der Waals surface area contributed by atoms with Gasteiger partial charge >= 0.3 is 0 Å². The molecule has 0 saturated carbocycles. The molecule has 0 unspecified atom stereocenters. The number of carbonyl (C=O) groups is 2. The molecule has 0 bridgehead atoms. The fourth-order valence-corrected chi connectivity index (χ4v) is 3.02. The molecule has 0 saturated heterocycles. The molecule has 158 valence electrons. The number of hydrogen-bond donors (Lipinski definition) is 1. The zero-order chi connectivity index (χ0) is 21.8. The first-order valence-electron chi connectivity index (χ1n) is 9.82. The predicted molar refractivity (Wildman–Crippen MR) is 118 cm³/mol. The molecule has 0 aliphatic rings. The van der Waals surface area contributed by atoms with E-state index in [9.17, 15) is 9.59 Å². The molecule has 0 aliphatic heterocycles. The Morgan fingerprint density at radius 1 is 1.21 bits per heavy atom. The maximum absolute atomic E-state index is 12.7. The monoisotopic (exact) mass is 418 g/mol. The maximum atomic E-state index is 12.7. The summed E-state index contributed by atoms with van der Waals surface area (Å²) in [6.45, 7) is 12.7. The lowest BCUT2D eigenvalue weighted by molar-refractivity contribution is -0.133. The Bertz CT molecular complexity index is 851. The van der Waals surface area contributed by atoms with Crippen LogP contribution in [0.15, 0.2) is 30.3 Å². The molecule has 0 atom stereocenters. The molecular formula is C22H31ClN4O2. The number of benzene rings is 1. The quantitative estimate of drug-likeness (QED) is 0.687. The number of alkyl halides is 1. The molecule has 1 aromatic carbocycles. The number of nitrogens with zero attached hydrogens (tertiary/aromatic N) is 3. The third-order valence-electron chi connectivity index (χ3n) is 4.41. The normalized spacial score (nSPS) is 11.6. The van der Waals surface area contributed by atoms with Crippen molar-refractivity contribution in [1.82, 2.24) is 14.7 Å². The van der Waals surface area contributed by atoms with Gasteiger partial charge in [0.25, 0.3) is 0 Å². The molecule has 2 aromatic rings. The van der Waals surface area contributed by atoms with Crippen LogP contribution in [0, 0.1) is 12.8 Å². The van der Waals surface area contributed by atoms with Crippen LogP contribution in [-0.4, -0.2) is 45.5 Å². The van der Waals surface area contributed by atoms with Crippen LogP contribution in [0.4, 0.5) is 5.82 Å². The van der Waals surface area contributed by atoms with Crippen LogP contribution < -0.4 is 5.32 Å². The van der Waals surface area contributed by atoms with Crippen molar-refractivity contribution in [3.8, 4) is 5.69 Å². The summed E-state index contributed by atoms with van der Waals surface area (Å²) in [5.74, 6) is 0.137. The van der Waals surface area contributed by atoms with Crippen LogP contribution in [0.3, 0.4) is 0 Å². The zero-order valence-electron chi connectivity index (χ0n) is 18.1. The summed E-state index contributed by atoms with van der Waals surface area (Å²) in [5.41, 5.74) is 2.70. The van der Waals surface area contributed by atoms with Gasteiger partial charge in [0.15, 0.2) is 0 Å². The Hall–Kier alpha value is -2.34. The van der Waals surface area contributed by atoms with Gasteiger partial charge < -0.3 is 10.2 Å². The van der Waals surface area contributed by atoms with Gasteiger partial charge in [0, 0.05) is 18.0 Å². The van der Waals surface area contributed by atoms with E-state index in [1.165, 1.54) is 4.90 Å². The summed E-state index contributed by atoms with van der Waals surface area (Å²) < 4.78 is 1.73. The van der Waals surface area contributed by atoms with E-state index in [0.29, 0.717) is 12.4 Å². The van der Waals surface area contributed by atoms with Gasteiger partial charge in [0.1, 0.15) is 11.7 Å². The van der Waals surface area contributed by atoms with E-state index in [4.69, 9.17) is 16.7 Å². The molecule has 6 nitrogen and oxygen atoms in total. The highest BCUT2D eigenvalue weighted by Crippen LogP contribution is 2.26. The second kappa shape index (κ2) is 9.44. The Balaban J connectivity index is 2.30. The van der Waals surface area contributed by atoms with Crippen LogP contribution >= 0.6 is 11.6 Å². The third kappa shape index (κ3) is 6.32. The fraction of sp³-hybridized carbons (Fsp3) is 0.500. The minimum absolute atomic E-state index is 0.0480. The van der Waals surface area contributed by atoms with E-state index in [-0.39, 0.29) is 35.6 Å². The minimum Gasteiger partial charge on any atom is -0.332 e. The van der Waals surface area contributed by atoms with E-state index >= 15 is 0 Å². The van der Waals surface area contributed by atoms with Gasteiger partial charge in [-0.1, -0.05) is 52.3 Å². The minimum atomic E-state index is -0.280. The lowest BCUT2D eigenvalue weighted by Crippen LogP contribution is -2.41. The van der Waals surface area contributed by atoms with Crippen molar-refractivity contribution in [1.29, 1.82) is 0 Å². The summed E-state index contributed by atoms with van der Waals surface area (Å²) in [4.78, 5) is 26.3. The van der Waals surface area contributed by atoms with Gasteiger partial charge in [-0.2, -0.15) is 5.10 Å². The smallest absolute Gasteiger partial charge is 0.245 e. The second-order valence-electron chi connectivity index (χ2n) is 8.76. The number of halogens is 1. The molecule has 2 amide bonds. The third-order valence-corrected chi connectivity index (χ3v) is 4.64. The molecular weight excluding hydrogens is 388 g/mol. The first-order valence-corrected chi connectivity index (χ1v) is 10.4. The summed E-state index contributed by atoms with van der Waals surface area (Å²) in [6.07, 6.45) is 0. The highest BCUT2D eigenvalue weighted by Gasteiger charge is 2.23. The standard InChI is InChI=1S/C22H31ClN4O2/c1-15(2)13-26(21(29)12-23)14-20(28)24-19-11-18(22(4,5)6)25-27(19)17-9-7-16(3)8-10-17/h7-11,15H,12-14H2,1-6H3,(H,24,28). The van der Waals surface area contributed by atoms with Gasteiger partial charge in [0.05, 0.1) is 17.9 Å². The Kier molecular flexibility index (Phi) is 7.47. The van der Waals surface area contributed by atoms with Crippen molar-refractivity contribution in [2.45, 2.75) is 47.0 Å². The fourth-order valence-electron chi connectivity index (χ4n) is 2.85. The van der Waals surface area contributed by atoms with E-state index < -0.39 is 0 Å². The average molecular weight is 419 g/mol. The number of hydrogen-bond acceptors (Lipinski definition) is 3. The summed E-state index contributed by atoms with van der Waals surface area (Å²) in [5, 5.41) is 7.64. The van der Waals surface area contributed by atoms with Gasteiger partial charge in [-0.15, -0.1) is 11.6 Å². The SMILES string of the molecule is Cc1ccc(-n2nc(C(C)(C)C)cc2NC(=O)CN(CC(C)C)C(=O)CCl)cc1. The van der Waals surface area contributed by atoms with Crippen molar-refractivity contribution in [3.05, 3.63) is 41.6 Å². The van der Waals surface area contributed by atoms with Crippen LogP contribution in [0.25, 0.3) is 5.69 Å². The number of nitrogens with one attached hydrogen (secondary N) is 1. The zero-order valence-corrected chi connectivity index (χ0v) is 18.9. The maximum Gasteiger partial charge on any atom is 0.245 e. The molecule has 0 spiro atoms. The second-order valence-corrected chi connectivity index (χ2v) is 9.03. The highest BCUT2D eigenvalue weighted by molar-refractivity contribution is 6.27. The Morgan fingerprint density at radius 2 is 1.83 bits per heavy atom. The van der Waals surface area contributed by atoms with Crippen LogP contribution in [-0.2, 0) is 15.0 Å². The number of aromatic nitrogens is 2. The van der Waals surface area contributed by atoms with Crippen molar-refractivity contribution in [2.75, 3.05) is 24.3 Å². The van der Waals surface area contributed by atoms with Crippen molar-refractivity contribution in [2.24, 2.45) is 5.92 Å². The van der Waals surface area contributed by atoms with Gasteiger partial charge in [-0.05, 0) is 25.0 Å². The number of carbonyl (C=O) groups excluding carboxylic acids is 2. The van der Waals surface area contributed by atoms with Crippen molar-refractivity contribution >= 4 is 29.2 Å². The topological polar surface area (TPSA) is 67.2 Å².